The number of amidine groups is 1. The molecule has 1 aliphatic heterocycles. The van der Waals surface area contributed by atoms with Crippen LogP contribution in [0.5, 0.6) is 11.8 Å². The summed E-state index contributed by atoms with van der Waals surface area (Å²) in [6, 6.07) is 5.11. The van der Waals surface area contributed by atoms with E-state index in [0.717, 1.165) is 23.1 Å². The normalized spacial score (nSPS) is 14.9. The minimum absolute atomic E-state index is 0.0146. The highest BCUT2D eigenvalue weighted by atomic mass is 19.1. The highest BCUT2D eigenvalue weighted by Crippen LogP contribution is 2.34. The van der Waals surface area contributed by atoms with Crippen molar-refractivity contribution in [1.82, 2.24) is 9.97 Å². The fourth-order valence-electron chi connectivity index (χ4n) is 3.47. The molecule has 8 heteroatoms. The van der Waals surface area contributed by atoms with Crippen molar-refractivity contribution in [2.24, 2.45) is 4.99 Å². The smallest absolute Gasteiger partial charge is 0.326 e. The average molecular weight is 421 g/mol. The van der Waals surface area contributed by atoms with Gasteiger partial charge in [-0.2, -0.15) is 9.97 Å². The molecule has 1 aromatic heterocycles. The van der Waals surface area contributed by atoms with Gasteiger partial charge in [-0.1, -0.05) is 29.9 Å². The summed E-state index contributed by atoms with van der Waals surface area (Å²) in [7, 11) is 0. The van der Waals surface area contributed by atoms with E-state index in [1.165, 1.54) is 0 Å². The van der Waals surface area contributed by atoms with E-state index in [0.29, 0.717) is 36.1 Å². The first kappa shape index (κ1) is 20.7. The lowest BCUT2D eigenvalue weighted by molar-refractivity contribution is 0.311. The third-order valence-electron chi connectivity index (χ3n) is 4.81. The molecule has 1 aliphatic carbocycles. The van der Waals surface area contributed by atoms with Crippen molar-refractivity contribution < 1.29 is 14.2 Å². The van der Waals surface area contributed by atoms with Gasteiger partial charge in [0.1, 0.15) is 17.5 Å². The Hall–Kier alpha value is -3.52. The SMILES string of the molecule is C/C=C/C1=CC(Nc2cc(NCCO)nc(Oc3ccc4c(c3F)C=C(C)C4)n2)=NC1. The van der Waals surface area contributed by atoms with Crippen LogP contribution in [0.25, 0.3) is 6.08 Å². The number of nitrogens with zero attached hydrogens (tertiary/aromatic N) is 3. The summed E-state index contributed by atoms with van der Waals surface area (Å²) in [5.41, 5.74) is 3.67. The van der Waals surface area contributed by atoms with Gasteiger partial charge in [0.2, 0.25) is 0 Å². The van der Waals surface area contributed by atoms with E-state index in [-0.39, 0.29) is 18.4 Å². The zero-order valence-electron chi connectivity index (χ0n) is 17.4. The number of benzene rings is 1. The lowest BCUT2D eigenvalue weighted by Crippen LogP contribution is -2.12. The molecule has 0 spiro atoms. The lowest BCUT2D eigenvalue weighted by atomic mass is 10.1. The number of halogens is 1. The summed E-state index contributed by atoms with van der Waals surface area (Å²) in [5.74, 6) is 1.17. The average Bonchev–Trinajstić information content (AvgIpc) is 3.35. The van der Waals surface area contributed by atoms with Gasteiger partial charge < -0.3 is 20.5 Å². The highest BCUT2D eigenvalue weighted by molar-refractivity contribution is 6.05. The van der Waals surface area contributed by atoms with Crippen molar-refractivity contribution >= 4 is 23.5 Å². The number of allylic oxidation sites excluding steroid dienone is 2. The topological polar surface area (TPSA) is 91.7 Å². The largest absolute Gasteiger partial charge is 0.421 e. The van der Waals surface area contributed by atoms with E-state index in [4.69, 9.17) is 9.84 Å². The molecule has 0 fully saturated rings. The van der Waals surface area contributed by atoms with Gasteiger partial charge in [0.05, 0.1) is 13.2 Å². The standard InChI is InChI=1S/C23H24FN5O2/c1-3-4-15-11-19(26-13-15)27-21-12-20(25-7-8-30)28-23(29-21)31-18-6-5-16-9-14(2)10-17(16)22(18)24/h3-6,10-12,30H,7-9,13H2,1-2H3,(H2,25,26,27,28,29)/b4-3+. The fraction of sp³-hybridized carbons (Fsp3) is 0.261. The van der Waals surface area contributed by atoms with Gasteiger partial charge in [0.15, 0.2) is 11.6 Å². The van der Waals surface area contributed by atoms with Crippen molar-refractivity contribution in [3.63, 3.8) is 0 Å². The van der Waals surface area contributed by atoms with Crippen LogP contribution in [0, 0.1) is 5.82 Å². The Bertz CT molecular complexity index is 1120. The quantitative estimate of drug-likeness (QED) is 0.624. The van der Waals surface area contributed by atoms with Gasteiger partial charge in [0, 0.05) is 18.2 Å². The molecule has 160 valence electrons. The Balaban J connectivity index is 1.60. The van der Waals surface area contributed by atoms with Gasteiger partial charge in [0.25, 0.3) is 0 Å². The van der Waals surface area contributed by atoms with Gasteiger partial charge in [-0.25, -0.2) is 4.39 Å². The molecule has 4 rings (SSSR count). The molecule has 0 saturated heterocycles. The molecule has 0 radical (unpaired) electrons. The van der Waals surface area contributed by atoms with Crippen LogP contribution in [0.3, 0.4) is 0 Å². The van der Waals surface area contributed by atoms with E-state index in [1.54, 1.807) is 12.1 Å². The molecule has 2 aliphatic rings. The van der Waals surface area contributed by atoms with Gasteiger partial charge >= 0.3 is 6.01 Å². The monoisotopic (exact) mass is 421 g/mol. The summed E-state index contributed by atoms with van der Waals surface area (Å²) in [4.78, 5) is 13.1. The van der Waals surface area contributed by atoms with E-state index < -0.39 is 5.82 Å². The fourth-order valence-corrected chi connectivity index (χ4v) is 3.47. The number of aliphatic hydroxyl groups is 1. The number of nitrogens with one attached hydrogen (secondary N) is 2. The highest BCUT2D eigenvalue weighted by Gasteiger charge is 2.19. The summed E-state index contributed by atoms with van der Waals surface area (Å²) in [6.07, 6.45) is 8.45. The van der Waals surface area contributed by atoms with Crippen LogP contribution in [0.15, 0.2) is 52.6 Å². The molecule has 0 atom stereocenters. The first-order valence-corrected chi connectivity index (χ1v) is 10.1. The van der Waals surface area contributed by atoms with Gasteiger partial charge in [-0.3, -0.25) is 4.99 Å². The number of aliphatic imine (C=N–C) groups is 1. The second kappa shape index (κ2) is 9.09. The number of hydrogen-bond acceptors (Lipinski definition) is 7. The van der Waals surface area contributed by atoms with E-state index >= 15 is 0 Å². The summed E-state index contributed by atoms with van der Waals surface area (Å²) in [6.45, 7) is 4.76. The third kappa shape index (κ3) is 4.80. The Morgan fingerprint density at radius 2 is 2.06 bits per heavy atom. The van der Waals surface area contributed by atoms with Crippen LogP contribution in [-0.2, 0) is 6.42 Å². The Morgan fingerprint density at radius 1 is 1.23 bits per heavy atom. The number of anilines is 2. The van der Waals surface area contributed by atoms with E-state index in [9.17, 15) is 4.39 Å². The summed E-state index contributed by atoms with van der Waals surface area (Å²) in [5, 5.41) is 15.2. The van der Waals surface area contributed by atoms with Crippen molar-refractivity contribution in [2.75, 3.05) is 30.3 Å². The zero-order valence-corrected chi connectivity index (χ0v) is 17.4. The Kier molecular flexibility index (Phi) is 6.08. The maximum Gasteiger partial charge on any atom is 0.326 e. The molecule has 2 heterocycles. The molecule has 0 amide bonds. The van der Waals surface area contributed by atoms with Crippen molar-refractivity contribution in [1.29, 1.82) is 0 Å². The Morgan fingerprint density at radius 3 is 2.87 bits per heavy atom. The molecule has 31 heavy (non-hydrogen) atoms. The van der Waals surface area contributed by atoms with Crippen LogP contribution in [-0.4, -0.2) is 40.6 Å². The molecular formula is C23H24FN5O2. The zero-order chi connectivity index (χ0) is 21.8. The first-order valence-electron chi connectivity index (χ1n) is 10.1. The maximum absolute atomic E-state index is 15.0. The number of hydrogen-bond donors (Lipinski definition) is 3. The summed E-state index contributed by atoms with van der Waals surface area (Å²) < 4.78 is 20.7. The molecule has 1 aromatic carbocycles. The van der Waals surface area contributed by atoms with Crippen LogP contribution in [0.1, 0.15) is 25.0 Å². The van der Waals surface area contributed by atoms with Crippen LogP contribution in [0.2, 0.25) is 0 Å². The predicted molar refractivity (Wildman–Crippen MR) is 120 cm³/mol. The number of aliphatic hydroxyl groups excluding tert-OH is 1. The molecule has 0 bridgehead atoms. The van der Waals surface area contributed by atoms with Crippen LogP contribution < -0.4 is 15.4 Å². The minimum Gasteiger partial charge on any atom is -0.421 e. The molecule has 7 nitrogen and oxygen atoms in total. The predicted octanol–water partition coefficient (Wildman–Crippen LogP) is 4.10. The van der Waals surface area contributed by atoms with Crippen LogP contribution >= 0.6 is 0 Å². The molecule has 3 N–H and O–H groups in total. The van der Waals surface area contributed by atoms with Crippen molar-refractivity contribution in [2.45, 2.75) is 20.3 Å². The number of fused-ring (bicyclic) bond motifs is 1. The molecular weight excluding hydrogens is 397 g/mol. The molecule has 0 saturated carbocycles. The lowest BCUT2D eigenvalue weighted by Gasteiger charge is -2.12. The summed E-state index contributed by atoms with van der Waals surface area (Å²) >= 11 is 0. The maximum atomic E-state index is 15.0. The van der Waals surface area contributed by atoms with Gasteiger partial charge in [-0.15, -0.1) is 0 Å². The number of rotatable bonds is 7. The van der Waals surface area contributed by atoms with E-state index in [2.05, 4.69) is 25.6 Å². The Labute approximate surface area is 180 Å². The second-order valence-corrected chi connectivity index (χ2v) is 7.34. The molecule has 2 aromatic rings. The van der Waals surface area contributed by atoms with E-state index in [1.807, 2.05) is 44.2 Å². The molecule has 0 unspecified atom stereocenters. The minimum atomic E-state index is -0.430. The third-order valence-corrected chi connectivity index (χ3v) is 4.81. The van der Waals surface area contributed by atoms with Crippen molar-refractivity contribution in [3.05, 3.63) is 64.5 Å². The first-order chi connectivity index (χ1) is 15.1. The second-order valence-electron chi connectivity index (χ2n) is 7.34. The van der Waals surface area contributed by atoms with Crippen molar-refractivity contribution in [3.8, 4) is 11.8 Å². The number of ether oxygens (including phenoxy) is 1. The van der Waals surface area contributed by atoms with Crippen LogP contribution in [0.4, 0.5) is 16.0 Å². The number of aromatic nitrogens is 2. The van der Waals surface area contributed by atoms with Gasteiger partial charge in [-0.05, 0) is 43.5 Å².